The highest BCUT2D eigenvalue weighted by molar-refractivity contribution is 7.90. The van der Waals surface area contributed by atoms with Gasteiger partial charge in [0, 0.05) is 22.6 Å². The highest BCUT2D eigenvalue weighted by Gasteiger charge is 2.51. The number of sulfonamides is 1. The number of hydrogen-bond donors (Lipinski definition) is 1. The Morgan fingerprint density at radius 2 is 1.81 bits per heavy atom. The predicted octanol–water partition coefficient (Wildman–Crippen LogP) is 4.76. The number of methoxy groups -OCH3 is 1. The van der Waals surface area contributed by atoms with Gasteiger partial charge < -0.3 is 9.47 Å². The molecule has 2 heterocycles. The number of aryl methyl sites for hydroxylation is 2. The zero-order valence-electron chi connectivity index (χ0n) is 20.9. The van der Waals surface area contributed by atoms with Gasteiger partial charge >= 0.3 is 0 Å². The van der Waals surface area contributed by atoms with Crippen LogP contribution in [-0.4, -0.2) is 33.0 Å². The van der Waals surface area contributed by atoms with Crippen LogP contribution in [-0.2, 0) is 25.2 Å². The maximum Gasteiger partial charge on any atom is 0.270 e. The van der Waals surface area contributed by atoms with E-state index in [2.05, 4.69) is 9.71 Å². The Kier molecular flexibility index (Phi) is 6.47. The van der Waals surface area contributed by atoms with E-state index in [0.29, 0.717) is 22.2 Å². The molecule has 0 spiro atoms. The number of fused-ring (bicyclic) bond motifs is 1. The largest absolute Gasteiger partial charge is 0.496 e. The molecule has 0 aliphatic carbocycles. The van der Waals surface area contributed by atoms with Crippen LogP contribution >= 0.6 is 0 Å². The SMILES string of the molecule is COc1ccc(C)cc1C1(C(=O)NS(=O)(=O)c2cccc3nc(C)ccc23)CC(c2ccccc2)CO1. The fraction of sp³-hybridized carbons (Fsp3) is 0.241. The molecule has 2 atom stereocenters. The molecule has 7 nitrogen and oxygen atoms in total. The third kappa shape index (κ3) is 4.58. The molecule has 1 saturated heterocycles. The molecule has 1 aliphatic heterocycles. The summed E-state index contributed by atoms with van der Waals surface area (Å²) in [5.74, 6) is -0.409. The Bertz CT molecular complexity index is 1590. The smallest absolute Gasteiger partial charge is 0.270 e. The van der Waals surface area contributed by atoms with Crippen molar-refractivity contribution in [2.24, 2.45) is 0 Å². The minimum atomic E-state index is -4.25. The van der Waals surface area contributed by atoms with E-state index in [4.69, 9.17) is 9.47 Å². The summed E-state index contributed by atoms with van der Waals surface area (Å²) in [7, 11) is -2.74. The molecule has 1 amide bonds. The summed E-state index contributed by atoms with van der Waals surface area (Å²) in [5, 5.41) is 0.435. The molecule has 5 rings (SSSR count). The number of carbonyl (C=O) groups excluding carboxylic acids is 1. The summed E-state index contributed by atoms with van der Waals surface area (Å²) in [5.41, 5.74) is 2.14. The third-order valence-electron chi connectivity index (χ3n) is 6.84. The zero-order chi connectivity index (χ0) is 26.2. The second-order valence-corrected chi connectivity index (χ2v) is 11.0. The number of nitrogens with one attached hydrogen (secondary N) is 1. The van der Waals surface area contributed by atoms with E-state index in [0.717, 1.165) is 16.8 Å². The van der Waals surface area contributed by atoms with Crippen LogP contribution in [0.5, 0.6) is 5.75 Å². The Balaban J connectivity index is 1.58. The molecule has 1 aliphatic rings. The maximum atomic E-state index is 14.0. The van der Waals surface area contributed by atoms with Crippen molar-refractivity contribution in [3.05, 3.63) is 101 Å². The van der Waals surface area contributed by atoms with Gasteiger partial charge in [0.1, 0.15) is 5.75 Å². The Labute approximate surface area is 216 Å². The van der Waals surface area contributed by atoms with Crippen molar-refractivity contribution in [1.29, 1.82) is 0 Å². The fourth-order valence-electron chi connectivity index (χ4n) is 4.98. The molecular weight excluding hydrogens is 488 g/mol. The monoisotopic (exact) mass is 516 g/mol. The van der Waals surface area contributed by atoms with E-state index in [1.165, 1.54) is 13.2 Å². The maximum absolute atomic E-state index is 14.0. The number of aromatic nitrogens is 1. The first-order valence-corrected chi connectivity index (χ1v) is 13.5. The van der Waals surface area contributed by atoms with Crippen molar-refractivity contribution >= 4 is 26.8 Å². The number of amides is 1. The van der Waals surface area contributed by atoms with Crippen molar-refractivity contribution in [3.63, 3.8) is 0 Å². The van der Waals surface area contributed by atoms with Crippen LogP contribution in [0.15, 0.2) is 83.8 Å². The molecule has 1 aromatic heterocycles. The first-order valence-electron chi connectivity index (χ1n) is 12.0. The lowest BCUT2D eigenvalue weighted by Gasteiger charge is -2.29. The van der Waals surface area contributed by atoms with Gasteiger partial charge in [-0.25, -0.2) is 13.1 Å². The molecule has 8 heteroatoms. The molecule has 0 bridgehead atoms. The number of pyridine rings is 1. The highest BCUT2D eigenvalue weighted by atomic mass is 32.2. The van der Waals surface area contributed by atoms with Gasteiger partial charge in [-0.2, -0.15) is 0 Å². The van der Waals surface area contributed by atoms with Gasteiger partial charge in [0.15, 0.2) is 5.60 Å². The summed E-state index contributed by atoms with van der Waals surface area (Å²) in [6.07, 6.45) is 0.258. The van der Waals surface area contributed by atoms with Gasteiger partial charge in [-0.15, -0.1) is 0 Å². The van der Waals surface area contributed by atoms with Crippen molar-refractivity contribution in [1.82, 2.24) is 9.71 Å². The van der Waals surface area contributed by atoms with Crippen LogP contribution in [0.4, 0.5) is 0 Å². The topological polar surface area (TPSA) is 94.6 Å². The van der Waals surface area contributed by atoms with Crippen molar-refractivity contribution < 1.29 is 22.7 Å². The third-order valence-corrected chi connectivity index (χ3v) is 8.23. The number of benzene rings is 3. The number of nitrogens with zero attached hydrogens (tertiary/aromatic N) is 1. The summed E-state index contributed by atoms with van der Waals surface area (Å²) in [4.78, 5) is 18.4. The van der Waals surface area contributed by atoms with Gasteiger partial charge in [-0.05, 0) is 62.2 Å². The minimum Gasteiger partial charge on any atom is -0.496 e. The summed E-state index contributed by atoms with van der Waals surface area (Å²) < 4.78 is 41.4. The van der Waals surface area contributed by atoms with Crippen molar-refractivity contribution in [2.75, 3.05) is 13.7 Å². The second-order valence-electron chi connectivity index (χ2n) is 9.36. The first-order chi connectivity index (χ1) is 17.7. The zero-order valence-corrected chi connectivity index (χ0v) is 21.7. The van der Waals surface area contributed by atoms with E-state index in [-0.39, 0.29) is 23.8 Å². The van der Waals surface area contributed by atoms with Crippen LogP contribution in [0.2, 0.25) is 0 Å². The predicted molar refractivity (Wildman–Crippen MR) is 141 cm³/mol. The second kappa shape index (κ2) is 9.61. The summed E-state index contributed by atoms with van der Waals surface area (Å²) in [6, 6.07) is 23.5. The normalized spacial score (nSPS) is 19.6. The van der Waals surface area contributed by atoms with Gasteiger partial charge in [0.2, 0.25) is 0 Å². The van der Waals surface area contributed by atoms with Crippen LogP contribution in [0.1, 0.15) is 34.7 Å². The lowest BCUT2D eigenvalue weighted by Crippen LogP contribution is -2.46. The van der Waals surface area contributed by atoms with E-state index in [1.54, 1.807) is 30.3 Å². The molecule has 0 saturated carbocycles. The molecule has 1 N–H and O–H groups in total. The minimum absolute atomic E-state index is 0.0187. The van der Waals surface area contributed by atoms with Crippen LogP contribution < -0.4 is 9.46 Å². The first kappa shape index (κ1) is 24.9. The average molecular weight is 517 g/mol. The molecule has 2 unspecified atom stereocenters. The molecule has 1 fully saturated rings. The quantitative estimate of drug-likeness (QED) is 0.397. The standard InChI is InChI=1S/C29H28N2O5S/c1-19-12-15-26(35-3)24(16-19)29(17-22(18-36-29)21-8-5-4-6-9-21)28(32)31-37(33,34)27-11-7-10-25-23(27)14-13-20(2)30-25/h4-16,22H,17-18H2,1-3H3,(H,31,32). The fourth-order valence-corrected chi connectivity index (χ4v) is 6.21. The number of hydrogen-bond acceptors (Lipinski definition) is 6. The van der Waals surface area contributed by atoms with Gasteiger partial charge in [0.25, 0.3) is 15.9 Å². The molecular formula is C29H28N2O5S. The number of ether oxygens (including phenoxy) is 2. The van der Waals surface area contributed by atoms with Gasteiger partial charge in [-0.1, -0.05) is 48.0 Å². The Hall–Kier alpha value is -3.75. The number of rotatable bonds is 6. The molecule has 4 aromatic rings. The lowest BCUT2D eigenvalue weighted by atomic mass is 9.83. The lowest BCUT2D eigenvalue weighted by molar-refractivity contribution is -0.140. The van der Waals surface area contributed by atoms with E-state index >= 15 is 0 Å². The Morgan fingerprint density at radius 1 is 1.03 bits per heavy atom. The van der Waals surface area contributed by atoms with Gasteiger partial charge in [-0.3, -0.25) is 9.78 Å². The van der Waals surface area contributed by atoms with E-state index < -0.39 is 21.5 Å². The molecule has 0 radical (unpaired) electrons. The summed E-state index contributed by atoms with van der Waals surface area (Å²) in [6.45, 7) is 3.99. The van der Waals surface area contributed by atoms with E-state index in [9.17, 15) is 13.2 Å². The molecule has 3 aromatic carbocycles. The Morgan fingerprint density at radius 3 is 2.57 bits per heavy atom. The summed E-state index contributed by atoms with van der Waals surface area (Å²) >= 11 is 0. The highest BCUT2D eigenvalue weighted by Crippen LogP contribution is 2.47. The average Bonchev–Trinajstić information content (AvgIpc) is 3.35. The van der Waals surface area contributed by atoms with Crippen LogP contribution in [0.25, 0.3) is 10.9 Å². The van der Waals surface area contributed by atoms with Crippen molar-refractivity contribution in [2.45, 2.75) is 36.7 Å². The molecule has 37 heavy (non-hydrogen) atoms. The molecule has 190 valence electrons. The van der Waals surface area contributed by atoms with Crippen molar-refractivity contribution in [3.8, 4) is 5.75 Å². The van der Waals surface area contributed by atoms with Crippen LogP contribution in [0, 0.1) is 13.8 Å². The van der Waals surface area contributed by atoms with E-state index in [1.807, 2.05) is 56.3 Å². The number of carbonyl (C=O) groups is 1. The van der Waals surface area contributed by atoms with Gasteiger partial charge in [0.05, 0.1) is 24.1 Å². The van der Waals surface area contributed by atoms with Crippen LogP contribution in [0.3, 0.4) is 0 Å².